The second-order valence-corrected chi connectivity index (χ2v) is 11.4. The fourth-order valence-electron chi connectivity index (χ4n) is 7.09. The van der Waals surface area contributed by atoms with Crippen molar-refractivity contribution in [1.29, 1.82) is 0 Å². The molecule has 0 saturated carbocycles. The van der Waals surface area contributed by atoms with E-state index >= 15 is 0 Å². The maximum atomic E-state index is 2.43. The quantitative estimate of drug-likeness (QED) is 0.266. The van der Waals surface area contributed by atoms with Gasteiger partial charge in [0.15, 0.2) is 0 Å². The Morgan fingerprint density at radius 2 is 1.47 bits per heavy atom. The van der Waals surface area contributed by atoms with Gasteiger partial charge in [0.25, 0.3) is 0 Å². The van der Waals surface area contributed by atoms with Crippen molar-refractivity contribution in [3.8, 4) is 0 Å². The fraction of sp³-hybridized carbons (Fsp3) is 0.243. The van der Waals surface area contributed by atoms with Gasteiger partial charge in [0.05, 0.1) is 5.69 Å². The van der Waals surface area contributed by atoms with Gasteiger partial charge in [-0.05, 0) is 71.6 Å². The lowest BCUT2D eigenvalue weighted by atomic mass is 9.74. The van der Waals surface area contributed by atoms with Crippen LogP contribution in [0.3, 0.4) is 0 Å². The minimum absolute atomic E-state index is 0.0200. The summed E-state index contributed by atoms with van der Waals surface area (Å²) in [6.45, 7) is 9.43. The van der Waals surface area contributed by atoms with Crippen LogP contribution < -0.4 is 4.90 Å². The van der Waals surface area contributed by atoms with Crippen LogP contribution in [0.2, 0.25) is 0 Å². The van der Waals surface area contributed by atoms with Crippen molar-refractivity contribution < 1.29 is 0 Å². The van der Waals surface area contributed by atoms with Crippen LogP contribution in [0.1, 0.15) is 56.4 Å². The van der Waals surface area contributed by atoms with E-state index < -0.39 is 0 Å². The van der Waals surface area contributed by atoms with E-state index in [1.165, 1.54) is 55.6 Å². The molecule has 0 saturated heterocycles. The van der Waals surface area contributed by atoms with E-state index in [-0.39, 0.29) is 10.8 Å². The Hall–Kier alpha value is -3.84. The van der Waals surface area contributed by atoms with Gasteiger partial charge in [0.1, 0.15) is 0 Å². The summed E-state index contributed by atoms with van der Waals surface area (Å²) in [4.78, 5) is 2.43. The Morgan fingerprint density at radius 1 is 0.763 bits per heavy atom. The van der Waals surface area contributed by atoms with Crippen LogP contribution in [0.25, 0.3) is 16.3 Å². The van der Waals surface area contributed by atoms with Gasteiger partial charge in [-0.1, -0.05) is 117 Å². The van der Waals surface area contributed by atoms with Crippen molar-refractivity contribution in [3.05, 3.63) is 143 Å². The maximum absolute atomic E-state index is 2.43. The summed E-state index contributed by atoms with van der Waals surface area (Å²) in [5.41, 5.74) is 11.1. The molecule has 2 atom stereocenters. The molecule has 0 amide bonds. The third-order valence-corrected chi connectivity index (χ3v) is 9.31. The first kappa shape index (κ1) is 24.5. The van der Waals surface area contributed by atoms with Crippen LogP contribution in [-0.4, -0.2) is 7.05 Å². The lowest BCUT2D eigenvalue weighted by Gasteiger charge is -2.29. The van der Waals surface area contributed by atoms with Crippen LogP contribution in [0.15, 0.2) is 120 Å². The maximum Gasteiger partial charge on any atom is 0.0527 e. The molecule has 0 spiro atoms. The third-order valence-electron chi connectivity index (χ3n) is 9.31. The molecule has 0 aromatic heterocycles. The Labute approximate surface area is 227 Å². The molecule has 2 aliphatic rings. The molecule has 2 unspecified atom stereocenters. The highest BCUT2D eigenvalue weighted by atomic mass is 15.2. The number of allylic oxidation sites excluding steroid dienone is 6. The van der Waals surface area contributed by atoms with Crippen LogP contribution in [0.4, 0.5) is 5.69 Å². The molecule has 0 fully saturated rings. The molecule has 0 N–H and O–H groups in total. The lowest BCUT2D eigenvalue weighted by Crippen LogP contribution is -2.25. The van der Waals surface area contributed by atoms with Gasteiger partial charge in [-0.25, -0.2) is 0 Å². The summed E-state index contributed by atoms with van der Waals surface area (Å²) in [5, 5.41) is 2.63. The van der Waals surface area contributed by atoms with E-state index in [4.69, 9.17) is 0 Å². The zero-order valence-corrected chi connectivity index (χ0v) is 23.3. The normalized spacial score (nSPS) is 23.6. The zero-order valence-electron chi connectivity index (χ0n) is 23.3. The highest BCUT2D eigenvalue weighted by molar-refractivity contribution is 5.99. The van der Waals surface area contributed by atoms with Crippen LogP contribution in [0.5, 0.6) is 0 Å². The molecule has 1 heterocycles. The molecule has 1 aliphatic carbocycles. The summed E-state index contributed by atoms with van der Waals surface area (Å²) in [7, 11) is 2.24. The zero-order chi connectivity index (χ0) is 26.5. The number of anilines is 1. The van der Waals surface area contributed by atoms with Gasteiger partial charge in [0, 0.05) is 29.0 Å². The highest BCUT2D eigenvalue weighted by Gasteiger charge is 2.42. The van der Waals surface area contributed by atoms with E-state index in [1.807, 2.05) is 0 Å². The van der Waals surface area contributed by atoms with Crippen molar-refractivity contribution in [1.82, 2.24) is 0 Å². The molecule has 1 heteroatoms. The monoisotopic (exact) mass is 495 g/mol. The number of hydrogen-bond acceptors (Lipinski definition) is 1. The first-order chi connectivity index (χ1) is 18.4. The van der Waals surface area contributed by atoms with Crippen molar-refractivity contribution in [3.63, 3.8) is 0 Å². The summed E-state index contributed by atoms with van der Waals surface area (Å²) < 4.78 is 0. The number of benzene rings is 4. The average molecular weight is 496 g/mol. The van der Waals surface area contributed by atoms with E-state index in [9.17, 15) is 0 Å². The largest absolute Gasteiger partial charge is 0.347 e. The second-order valence-electron chi connectivity index (χ2n) is 11.4. The summed E-state index contributed by atoms with van der Waals surface area (Å²) in [6.07, 6.45) is 9.10. The predicted molar refractivity (Wildman–Crippen MR) is 164 cm³/mol. The van der Waals surface area contributed by atoms with Gasteiger partial charge in [-0.2, -0.15) is 0 Å². The van der Waals surface area contributed by atoms with E-state index in [2.05, 4.69) is 149 Å². The molecule has 1 aliphatic heterocycles. The number of likely N-dealkylation sites (N-methyl/N-ethyl adjacent to an activating group) is 1. The molecule has 4 aromatic carbocycles. The van der Waals surface area contributed by atoms with Crippen LogP contribution >= 0.6 is 0 Å². The van der Waals surface area contributed by atoms with Crippen LogP contribution in [0, 0.1) is 0 Å². The topological polar surface area (TPSA) is 3.24 Å². The number of hydrogen-bond donors (Lipinski definition) is 0. The Morgan fingerprint density at radius 3 is 2.26 bits per heavy atom. The minimum atomic E-state index is -0.0637. The Bertz CT molecular complexity index is 1620. The van der Waals surface area contributed by atoms with E-state index in [1.54, 1.807) is 0 Å². The lowest BCUT2D eigenvalue weighted by molar-refractivity contribution is 0.550. The standard InChI is InChI=1S/C37H37N/c1-6-36(3)33-24-23-28-17-10-11-19-30(28)35(33)38(5)34(36)22-14-21-31-26(2)29-18-12-13-20-32(29)37(31,4)25-27-15-8-7-9-16-27/h7-24H,6,25H2,1-5H3/b21-14+,34-22+. The van der Waals surface area contributed by atoms with Crippen molar-refractivity contribution in [2.75, 3.05) is 11.9 Å². The van der Waals surface area contributed by atoms with E-state index in [0.29, 0.717) is 0 Å². The Kier molecular flexibility index (Phi) is 5.91. The van der Waals surface area contributed by atoms with Gasteiger partial charge >= 0.3 is 0 Å². The number of nitrogens with zero attached hydrogens (tertiary/aromatic N) is 1. The van der Waals surface area contributed by atoms with Gasteiger partial charge in [-0.3, -0.25) is 0 Å². The molecule has 38 heavy (non-hydrogen) atoms. The van der Waals surface area contributed by atoms with E-state index in [0.717, 1.165) is 12.8 Å². The highest BCUT2D eigenvalue weighted by Crippen LogP contribution is 2.52. The first-order valence-corrected chi connectivity index (χ1v) is 13.9. The SMILES string of the molecule is CCC1(C)/C(=C\C=C\C2=C(C)c3ccccc3C2(C)Cc2ccccc2)N(C)c2c1ccc1ccccc21. The molecule has 0 bridgehead atoms. The molecule has 4 aromatic rings. The Balaban J connectivity index is 1.42. The predicted octanol–water partition coefficient (Wildman–Crippen LogP) is 9.39. The van der Waals surface area contributed by atoms with Crippen molar-refractivity contribution in [2.45, 2.75) is 51.4 Å². The molecule has 0 radical (unpaired) electrons. The fourth-order valence-corrected chi connectivity index (χ4v) is 7.09. The molecule has 190 valence electrons. The van der Waals surface area contributed by atoms with Crippen molar-refractivity contribution >= 4 is 22.0 Å². The molecule has 6 rings (SSSR count). The summed E-state index contributed by atoms with van der Waals surface area (Å²) >= 11 is 0. The minimum Gasteiger partial charge on any atom is -0.347 e. The molecular formula is C37H37N. The van der Waals surface area contributed by atoms with Crippen molar-refractivity contribution in [2.24, 2.45) is 0 Å². The van der Waals surface area contributed by atoms with Gasteiger partial charge in [-0.15, -0.1) is 0 Å². The number of rotatable bonds is 5. The summed E-state index contributed by atoms with van der Waals surface area (Å²) in [6, 6.07) is 33.3. The second kappa shape index (κ2) is 9.17. The van der Waals surface area contributed by atoms with Gasteiger partial charge < -0.3 is 4.90 Å². The van der Waals surface area contributed by atoms with Gasteiger partial charge in [0.2, 0.25) is 0 Å². The smallest absolute Gasteiger partial charge is 0.0527 e. The molecule has 1 nitrogen and oxygen atoms in total. The first-order valence-electron chi connectivity index (χ1n) is 13.9. The average Bonchev–Trinajstić information content (AvgIpc) is 3.29. The molecular weight excluding hydrogens is 458 g/mol. The summed E-state index contributed by atoms with van der Waals surface area (Å²) in [5.74, 6) is 0. The van der Waals surface area contributed by atoms with Crippen LogP contribution in [-0.2, 0) is 17.3 Å². The number of fused-ring (bicyclic) bond motifs is 4. The third kappa shape index (κ3) is 3.60.